The molecule has 0 saturated carbocycles. The van der Waals surface area contributed by atoms with Crippen molar-refractivity contribution in [3.05, 3.63) is 68.8 Å². The van der Waals surface area contributed by atoms with Gasteiger partial charge in [-0.25, -0.2) is 19.2 Å². The van der Waals surface area contributed by atoms with E-state index in [0.29, 0.717) is 47.9 Å². The lowest BCUT2D eigenvalue weighted by atomic mass is 9.85. The van der Waals surface area contributed by atoms with Crippen molar-refractivity contribution in [3.8, 4) is 0 Å². The maximum absolute atomic E-state index is 11.8. The molecule has 0 radical (unpaired) electrons. The van der Waals surface area contributed by atoms with Crippen molar-refractivity contribution >= 4 is 23.9 Å². The van der Waals surface area contributed by atoms with Gasteiger partial charge in [0.15, 0.2) is 0 Å². The summed E-state index contributed by atoms with van der Waals surface area (Å²) >= 11 is 0. The predicted molar refractivity (Wildman–Crippen MR) is 87.2 cm³/mol. The van der Waals surface area contributed by atoms with Crippen LogP contribution in [-0.2, 0) is 35.2 Å². The van der Waals surface area contributed by atoms with E-state index in [1.807, 2.05) is 0 Å². The first-order valence-corrected chi connectivity index (χ1v) is 8.36. The summed E-state index contributed by atoms with van der Waals surface area (Å²) < 4.78 is 9.37. The van der Waals surface area contributed by atoms with E-state index in [2.05, 4.69) is 9.47 Å². The monoisotopic (exact) mass is 348 g/mol. The maximum Gasteiger partial charge on any atom is 0.346 e. The highest BCUT2D eigenvalue weighted by molar-refractivity contribution is 6.15. The smallest absolute Gasteiger partial charge is 0.346 e. The molecule has 0 aromatic heterocycles. The highest BCUT2D eigenvalue weighted by atomic mass is 16.6. The van der Waals surface area contributed by atoms with Gasteiger partial charge >= 0.3 is 23.9 Å². The summed E-state index contributed by atoms with van der Waals surface area (Å²) in [5.41, 5.74) is 5.27. The third-order valence-electron chi connectivity index (χ3n) is 5.26. The van der Waals surface area contributed by atoms with E-state index in [1.54, 1.807) is 24.3 Å². The number of hydrogen-bond donors (Lipinski definition) is 0. The molecular weight excluding hydrogens is 336 g/mol. The number of ether oxygens (including phenoxy) is 2. The summed E-state index contributed by atoms with van der Waals surface area (Å²) in [7, 11) is 0. The van der Waals surface area contributed by atoms with Crippen molar-refractivity contribution in [3.63, 3.8) is 0 Å². The molecule has 3 aliphatic rings. The Kier molecular flexibility index (Phi) is 2.95. The molecule has 6 heteroatoms. The number of rotatable bonds is 0. The van der Waals surface area contributed by atoms with Gasteiger partial charge in [0, 0.05) is 0 Å². The molecule has 0 fully saturated rings. The second-order valence-corrected chi connectivity index (χ2v) is 6.69. The van der Waals surface area contributed by atoms with Gasteiger partial charge in [-0.15, -0.1) is 0 Å². The summed E-state index contributed by atoms with van der Waals surface area (Å²) in [6.45, 7) is 0. The van der Waals surface area contributed by atoms with E-state index in [-0.39, 0.29) is 0 Å². The first-order valence-electron chi connectivity index (χ1n) is 8.36. The maximum atomic E-state index is 11.8. The molecule has 2 aliphatic heterocycles. The van der Waals surface area contributed by atoms with Gasteiger partial charge in [0.25, 0.3) is 0 Å². The van der Waals surface area contributed by atoms with Crippen LogP contribution in [0.3, 0.4) is 0 Å². The van der Waals surface area contributed by atoms with Gasteiger partial charge in [-0.3, -0.25) is 0 Å². The zero-order valence-electron chi connectivity index (χ0n) is 13.6. The highest BCUT2D eigenvalue weighted by Gasteiger charge is 2.33. The first kappa shape index (κ1) is 15.0. The summed E-state index contributed by atoms with van der Waals surface area (Å²) in [5, 5.41) is 0. The fourth-order valence-electron chi connectivity index (χ4n) is 3.91. The molecule has 0 spiro atoms. The largest absolute Gasteiger partial charge is 0.386 e. The fraction of sp³-hybridized carbons (Fsp3) is 0.200. The number of carbonyl (C=O) groups excluding carboxylic acids is 4. The highest BCUT2D eigenvalue weighted by Crippen LogP contribution is 2.31. The summed E-state index contributed by atoms with van der Waals surface area (Å²) in [4.78, 5) is 47.1. The van der Waals surface area contributed by atoms with Gasteiger partial charge in [0.1, 0.15) is 0 Å². The summed E-state index contributed by atoms with van der Waals surface area (Å²) in [6.07, 6.45) is 2.66. The van der Waals surface area contributed by atoms with Crippen LogP contribution in [0.1, 0.15) is 63.7 Å². The minimum Gasteiger partial charge on any atom is -0.386 e. The van der Waals surface area contributed by atoms with Crippen LogP contribution in [0.2, 0.25) is 0 Å². The van der Waals surface area contributed by atoms with Gasteiger partial charge in [-0.1, -0.05) is 0 Å². The van der Waals surface area contributed by atoms with Crippen LogP contribution in [0.5, 0.6) is 0 Å². The van der Waals surface area contributed by atoms with Crippen LogP contribution >= 0.6 is 0 Å². The lowest BCUT2D eigenvalue weighted by Gasteiger charge is -2.18. The lowest BCUT2D eigenvalue weighted by Crippen LogP contribution is -2.10. The van der Waals surface area contributed by atoms with Crippen molar-refractivity contribution in [1.82, 2.24) is 0 Å². The Labute approximate surface area is 147 Å². The number of benzene rings is 2. The molecule has 5 rings (SSSR count). The third kappa shape index (κ3) is 2.05. The molecule has 1 aliphatic carbocycles. The predicted octanol–water partition coefficient (Wildman–Crippen LogP) is 2.19. The Morgan fingerprint density at radius 2 is 0.692 bits per heavy atom. The fourth-order valence-corrected chi connectivity index (χ4v) is 3.91. The van der Waals surface area contributed by atoms with Crippen LogP contribution in [0.4, 0.5) is 0 Å². The van der Waals surface area contributed by atoms with Crippen LogP contribution in [0.15, 0.2) is 24.3 Å². The average Bonchev–Trinajstić information content (AvgIpc) is 3.03. The molecule has 0 unspecified atom stereocenters. The van der Waals surface area contributed by atoms with E-state index in [1.165, 1.54) is 0 Å². The first-order chi connectivity index (χ1) is 12.5. The standard InChI is InChI=1S/C20H12O6/c21-17-13-5-9-1-2-10-6-14-16(20(24)26-18(14)22)8-12(10)4-3-11(9)7-15(13)19(23)25-17/h5-8H,1-4H2. The number of aryl methyl sites for hydroxylation is 4. The van der Waals surface area contributed by atoms with E-state index in [4.69, 9.17) is 0 Å². The molecule has 0 bridgehead atoms. The Morgan fingerprint density at radius 3 is 0.923 bits per heavy atom. The number of esters is 4. The zero-order chi connectivity index (χ0) is 18.0. The molecule has 0 saturated heterocycles. The Hall–Kier alpha value is -3.28. The van der Waals surface area contributed by atoms with Gasteiger partial charge in [0.05, 0.1) is 22.3 Å². The SMILES string of the molecule is O=C1OC(=O)c2cc3c(cc21)CCc1cc2c(cc1CC3)C(=O)OC2=O. The quantitative estimate of drug-likeness (QED) is 0.536. The van der Waals surface area contributed by atoms with Gasteiger partial charge in [-0.2, -0.15) is 0 Å². The van der Waals surface area contributed by atoms with Crippen molar-refractivity contribution in [2.75, 3.05) is 0 Å². The number of cyclic esters (lactones) is 4. The van der Waals surface area contributed by atoms with E-state index in [0.717, 1.165) is 22.3 Å². The molecule has 2 heterocycles. The molecule has 26 heavy (non-hydrogen) atoms. The zero-order valence-corrected chi connectivity index (χ0v) is 13.6. The lowest BCUT2D eigenvalue weighted by molar-refractivity contribution is 0.0425. The molecule has 6 nitrogen and oxygen atoms in total. The second-order valence-electron chi connectivity index (χ2n) is 6.69. The molecule has 0 atom stereocenters. The van der Waals surface area contributed by atoms with Crippen LogP contribution in [0, 0.1) is 0 Å². The van der Waals surface area contributed by atoms with Crippen molar-refractivity contribution in [2.45, 2.75) is 25.7 Å². The van der Waals surface area contributed by atoms with E-state index in [9.17, 15) is 19.2 Å². The summed E-state index contributed by atoms with van der Waals surface area (Å²) in [5.74, 6) is -2.41. The molecule has 128 valence electrons. The molecule has 2 aromatic carbocycles. The Balaban J connectivity index is 1.56. The van der Waals surface area contributed by atoms with E-state index < -0.39 is 23.9 Å². The van der Waals surface area contributed by atoms with Gasteiger partial charge in [-0.05, 0) is 72.2 Å². The third-order valence-corrected chi connectivity index (χ3v) is 5.26. The number of hydrogen-bond acceptors (Lipinski definition) is 6. The number of carbonyl (C=O) groups is 4. The normalized spacial score (nSPS) is 17.5. The number of fused-ring (bicyclic) bond motifs is 4. The van der Waals surface area contributed by atoms with E-state index >= 15 is 0 Å². The molecule has 0 N–H and O–H groups in total. The van der Waals surface area contributed by atoms with Crippen LogP contribution in [-0.4, -0.2) is 23.9 Å². The minimum atomic E-state index is -0.602. The average molecular weight is 348 g/mol. The minimum absolute atomic E-state index is 0.317. The second kappa shape index (κ2) is 5.11. The molecule has 2 aromatic rings. The van der Waals surface area contributed by atoms with Crippen molar-refractivity contribution in [2.24, 2.45) is 0 Å². The van der Waals surface area contributed by atoms with Crippen molar-refractivity contribution in [1.29, 1.82) is 0 Å². The van der Waals surface area contributed by atoms with Gasteiger partial charge in [0.2, 0.25) is 0 Å². The summed E-state index contributed by atoms with van der Waals surface area (Å²) in [6, 6.07) is 6.98. The Bertz CT molecular complexity index is 895. The Morgan fingerprint density at radius 1 is 0.462 bits per heavy atom. The van der Waals surface area contributed by atoms with Crippen LogP contribution < -0.4 is 0 Å². The molecule has 0 amide bonds. The van der Waals surface area contributed by atoms with Crippen molar-refractivity contribution < 1.29 is 28.7 Å². The van der Waals surface area contributed by atoms with Crippen LogP contribution in [0.25, 0.3) is 0 Å². The van der Waals surface area contributed by atoms with Gasteiger partial charge < -0.3 is 9.47 Å². The molecular formula is C20H12O6. The topological polar surface area (TPSA) is 86.7 Å².